The van der Waals surface area contributed by atoms with Crippen LogP contribution in [0.25, 0.3) is 0 Å². The number of hydrogen-bond donors (Lipinski definition) is 3. The Balaban J connectivity index is 1.77. The van der Waals surface area contributed by atoms with E-state index < -0.39 is 0 Å². The third kappa shape index (κ3) is 5.16. The Bertz CT molecular complexity index is 557. The number of hydrogen-bond acceptors (Lipinski definition) is 3. The average molecular weight is 318 g/mol. The second-order valence-electron chi connectivity index (χ2n) is 5.39. The van der Waals surface area contributed by atoms with Crippen molar-refractivity contribution < 1.29 is 9.90 Å². The van der Waals surface area contributed by atoms with Crippen LogP contribution in [0.4, 0.5) is 4.79 Å². The lowest BCUT2D eigenvalue weighted by Gasteiger charge is -2.18. The molecule has 0 fully saturated rings. The minimum atomic E-state index is -0.381. The van der Waals surface area contributed by atoms with Crippen LogP contribution in [0.1, 0.15) is 23.4 Å². The molecule has 0 saturated heterocycles. The number of carbonyl (C=O) groups is 1. The topological polar surface area (TPSA) is 61.4 Å². The Hall–Kier alpha value is -1.85. The molecule has 0 spiro atoms. The Kier molecular flexibility index (Phi) is 6.43. The van der Waals surface area contributed by atoms with Gasteiger partial charge in [-0.2, -0.15) is 0 Å². The van der Waals surface area contributed by atoms with Gasteiger partial charge in [-0.15, -0.1) is 11.3 Å². The third-order valence-corrected chi connectivity index (χ3v) is 4.33. The molecule has 1 aromatic heterocycles. The summed E-state index contributed by atoms with van der Waals surface area (Å²) in [6.07, 6.45) is 0.958. The molecule has 2 aromatic rings. The summed E-state index contributed by atoms with van der Waals surface area (Å²) in [5.41, 5.74) is 0.895. The molecule has 0 saturated carbocycles. The predicted molar refractivity (Wildman–Crippen MR) is 90.0 cm³/mol. The first-order chi connectivity index (χ1) is 10.7. The molecule has 0 radical (unpaired) electrons. The molecule has 0 aliphatic heterocycles. The fourth-order valence-electron chi connectivity index (χ4n) is 2.24. The largest absolute Gasteiger partial charge is 0.394 e. The molecule has 2 amide bonds. The summed E-state index contributed by atoms with van der Waals surface area (Å²) in [7, 11) is 0. The van der Waals surface area contributed by atoms with E-state index in [2.05, 4.69) is 29.0 Å². The van der Waals surface area contributed by atoms with E-state index in [0.29, 0.717) is 12.5 Å². The zero-order chi connectivity index (χ0) is 15.8. The Morgan fingerprint density at radius 1 is 1.23 bits per heavy atom. The third-order valence-electron chi connectivity index (χ3n) is 3.43. The van der Waals surface area contributed by atoms with Crippen LogP contribution in [-0.4, -0.2) is 24.3 Å². The van der Waals surface area contributed by atoms with Gasteiger partial charge in [0, 0.05) is 11.4 Å². The number of aliphatic hydroxyl groups is 1. The first-order valence-corrected chi connectivity index (χ1v) is 8.29. The smallest absolute Gasteiger partial charge is 0.315 e. The molecule has 1 aromatic carbocycles. The molecule has 3 N–H and O–H groups in total. The highest BCUT2D eigenvalue weighted by atomic mass is 32.1. The first kappa shape index (κ1) is 16.5. The summed E-state index contributed by atoms with van der Waals surface area (Å²) in [4.78, 5) is 13.3. The lowest BCUT2D eigenvalue weighted by atomic mass is 10.1. The van der Waals surface area contributed by atoms with E-state index >= 15 is 0 Å². The zero-order valence-electron chi connectivity index (χ0n) is 12.7. The quantitative estimate of drug-likeness (QED) is 0.735. The first-order valence-electron chi connectivity index (χ1n) is 7.41. The van der Waals surface area contributed by atoms with Crippen LogP contribution in [0, 0.1) is 5.92 Å². The molecule has 1 heterocycles. The molecule has 4 nitrogen and oxygen atoms in total. The van der Waals surface area contributed by atoms with Gasteiger partial charge in [0.05, 0.1) is 12.6 Å². The molecule has 2 rings (SSSR count). The van der Waals surface area contributed by atoms with E-state index in [-0.39, 0.29) is 18.7 Å². The normalized spacial score (nSPS) is 13.4. The Morgan fingerprint density at radius 3 is 2.64 bits per heavy atom. The predicted octanol–water partition coefficient (Wildman–Crippen LogP) is 2.96. The fourth-order valence-corrected chi connectivity index (χ4v) is 3.11. The standard InChI is InChI=1S/C17H22N2O2S/c1-13(10-15-8-5-9-22-15)11-18-17(21)19-16(12-20)14-6-3-2-4-7-14/h2-9,13,16,20H,10-12H2,1H3,(H2,18,19,21)/t13?,16-/m1/s1. The van der Waals surface area contributed by atoms with Crippen molar-refractivity contribution in [2.75, 3.05) is 13.2 Å². The average Bonchev–Trinajstić information content (AvgIpc) is 3.04. The second-order valence-corrected chi connectivity index (χ2v) is 6.42. The molecule has 0 aliphatic rings. The second kappa shape index (κ2) is 8.56. The molecule has 1 unspecified atom stereocenters. The van der Waals surface area contributed by atoms with Crippen LogP contribution < -0.4 is 10.6 Å². The van der Waals surface area contributed by atoms with Gasteiger partial charge in [-0.3, -0.25) is 0 Å². The van der Waals surface area contributed by atoms with E-state index in [9.17, 15) is 9.90 Å². The maximum atomic E-state index is 12.0. The number of urea groups is 1. The van der Waals surface area contributed by atoms with Gasteiger partial charge in [0.2, 0.25) is 0 Å². The highest BCUT2D eigenvalue weighted by Gasteiger charge is 2.13. The van der Waals surface area contributed by atoms with Gasteiger partial charge >= 0.3 is 6.03 Å². The van der Waals surface area contributed by atoms with Gasteiger partial charge in [0.25, 0.3) is 0 Å². The van der Waals surface area contributed by atoms with Gasteiger partial charge in [-0.05, 0) is 29.3 Å². The van der Waals surface area contributed by atoms with Gasteiger partial charge in [0.15, 0.2) is 0 Å². The lowest BCUT2D eigenvalue weighted by Crippen LogP contribution is -2.41. The highest BCUT2D eigenvalue weighted by molar-refractivity contribution is 7.09. The van der Waals surface area contributed by atoms with Gasteiger partial charge in [-0.25, -0.2) is 4.79 Å². The highest BCUT2D eigenvalue weighted by Crippen LogP contribution is 2.14. The Labute approximate surface area is 135 Å². The summed E-state index contributed by atoms with van der Waals surface area (Å²) < 4.78 is 0. The van der Waals surface area contributed by atoms with Crippen LogP contribution >= 0.6 is 11.3 Å². The van der Waals surface area contributed by atoms with Gasteiger partial charge in [0.1, 0.15) is 0 Å². The van der Waals surface area contributed by atoms with Crippen molar-refractivity contribution in [2.45, 2.75) is 19.4 Å². The Morgan fingerprint density at radius 2 is 2.00 bits per heavy atom. The summed E-state index contributed by atoms with van der Waals surface area (Å²) in [6, 6.07) is 13.0. The molecular formula is C17H22N2O2S. The number of rotatable bonds is 7. The van der Waals surface area contributed by atoms with E-state index in [1.807, 2.05) is 36.4 Å². The SMILES string of the molecule is CC(CNC(=O)N[C@H](CO)c1ccccc1)Cc1cccs1. The van der Waals surface area contributed by atoms with Crippen LogP contribution in [-0.2, 0) is 6.42 Å². The van der Waals surface area contributed by atoms with E-state index in [0.717, 1.165) is 12.0 Å². The molecule has 5 heteroatoms. The molecule has 0 aliphatic carbocycles. The molecule has 118 valence electrons. The summed E-state index contributed by atoms with van der Waals surface area (Å²) in [5, 5.41) is 17.2. The molecule has 2 atom stereocenters. The molecule has 22 heavy (non-hydrogen) atoms. The van der Waals surface area contributed by atoms with E-state index in [1.165, 1.54) is 4.88 Å². The molecule has 0 bridgehead atoms. The summed E-state index contributed by atoms with van der Waals surface area (Å²) in [6.45, 7) is 2.60. The van der Waals surface area contributed by atoms with E-state index in [4.69, 9.17) is 0 Å². The van der Waals surface area contributed by atoms with Crippen LogP contribution in [0.2, 0.25) is 0 Å². The lowest BCUT2D eigenvalue weighted by molar-refractivity contribution is 0.216. The minimum Gasteiger partial charge on any atom is -0.394 e. The summed E-state index contributed by atoms with van der Waals surface area (Å²) in [5.74, 6) is 0.369. The van der Waals surface area contributed by atoms with Crippen molar-refractivity contribution in [2.24, 2.45) is 5.92 Å². The fraction of sp³-hybridized carbons (Fsp3) is 0.353. The monoisotopic (exact) mass is 318 g/mol. The van der Waals surface area contributed by atoms with Crippen LogP contribution in [0.15, 0.2) is 47.8 Å². The van der Waals surface area contributed by atoms with Gasteiger partial charge in [-0.1, -0.05) is 43.3 Å². The maximum absolute atomic E-state index is 12.0. The molecular weight excluding hydrogens is 296 g/mol. The summed E-state index contributed by atoms with van der Waals surface area (Å²) >= 11 is 1.74. The number of amides is 2. The number of carbonyl (C=O) groups excluding carboxylic acids is 1. The van der Waals surface area contributed by atoms with Crippen molar-refractivity contribution in [1.29, 1.82) is 0 Å². The van der Waals surface area contributed by atoms with Crippen molar-refractivity contribution in [1.82, 2.24) is 10.6 Å². The number of thiophene rings is 1. The van der Waals surface area contributed by atoms with Crippen molar-refractivity contribution in [3.63, 3.8) is 0 Å². The minimum absolute atomic E-state index is 0.123. The van der Waals surface area contributed by atoms with Crippen LogP contribution in [0.3, 0.4) is 0 Å². The van der Waals surface area contributed by atoms with Crippen molar-refractivity contribution in [3.05, 3.63) is 58.3 Å². The number of aliphatic hydroxyl groups excluding tert-OH is 1. The zero-order valence-corrected chi connectivity index (χ0v) is 13.5. The number of benzene rings is 1. The van der Waals surface area contributed by atoms with E-state index in [1.54, 1.807) is 11.3 Å². The maximum Gasteiger partial charge on any atom is 0.315 e. The van der Waals surface area contributed by atoms with Gasteiger partial charge < -0.3 is 15.7 Å². The number of nitrogens with one attached hydrogen (secondary N) is 2. The van der Waals surface area contributed by atoms with Crippen molar-refractivity contribution >= 4 is 17.4 Å². The van der Waals surface area contributed by atoms with Crippen molar-refractivity contribution in [3.8, 4) is 0 Å². The van der Waals surface area contributed by atoms with Crippen LogP contribution in [0.5, 0.6) is 0 Å².